The quantitative estimate of drug-likeness (QED) is 0.282. The molecule has 0 aliphatic carbocycles. The topological polar surface area (TPSA) is 83.5 Å². The molecule has 1 unspecified atom stereocenters. The predicted octanol–water partition coefficient (Wildman–Crippen LogP) is 0.349. The molecule has 0 saturated heterocycles. The molecule has 0 radical (unpaired) electrons. The molecule has 0 bridgehead atoms. The molecule has 15 heavy (non-hydrogen) atoms. The van der Waals surface area contributed by atoms with E-state index in [1.165, 1.54) is 0 Å². The third-order valence-electron chi connectivity index (χ3n) is 2.15. The van der Waals surface area contributed by atoms with Crippen LogP contribution < -0.4 is 11.1 Å². The molecule has 0 fully saturated rings. The fourth-order valence-electron chi connectivity index (χ4n) is 1.17. The van der Waals surface area contributed by atoms with Crippen LogP contribution in [0.2, 0.25) is 0 Å². The zero-order valence-corrected chi connectivity index (χ0v) is 8.72. The summed E-state index contributed by atoms with van der Waals surface area (Å²) in [7, 11) is 0. The number of nitrogens with one attached hydrogen (secondary N) is 1. The van der Waals surface area contributed by atoms with Gasteiger partial charge in [0.15, 0.2) is 5.84 Å². The van der Waals surface area contributed by atoms with Gasteiger partial charge in [-0.3, -0.25) is 4.98 Å². The number of rotatable bonds is 5. The van der Waals surface area contributed by atoms with Gasteiger partial charge in [-0.15, -0.1) is 0 Å². The molecule has 0 aliphatic rings. The summed E-state index contributed by atoms with van der Waals surface area (Å²) in [5.41, 5.74) is 6.58. The van der Waals surface area contributed by atoms with Gasteiger partial charge in [-0.1, -0.05) is 11.2 Å². The predicted molar refractivity (Wildman–Crippen MR) is 58.8 cm³/mol. The Kier molecular flexibility index (Phi) is 4.56. The fourth-order valence-corrected chi connectivity index (χ4v) is 1.17. The van der Waals surface area contributed by atoms with Crippen LogP contribution in [0.25, 0.3) is 0 Å². The molecule has 4 N–H and O–H groups in total. The third kappa shape index (κ3) is 3.95. The van der Waals surface area contributed by atoms with Crippen molar-refractivity contribution in [3.63, 3.8) is 0 Å². The lowest BCUT2D eigenvalue weighted by Crippen LogP contribution is -2.39. The van der Waals surface area contributed by atoms with Crippen molar-refractivity contribution in [1.29, 1.82) is 0 Å². The smallest absolute Gasteiger partial charge is 0.156 e. The first-order valence-corrected chi connectivity index (χ1v) is 4.83. The summed E-state index contributed by atoms with van der Waals surface area (Å²) in [6.45, 7) is 2.61. The van der Waals surface area contributed by atoms with E-state index in [1.54, 1.807) is 6.20 Å². The molecule has 5 nitrogen and oxygen atoms in total. The van der Waals surface area contributed by atoms with Gasteiger partial charge in [-0.25, -0.2) is 0 Å². The number of amidine groups is 1. The summed E-state index contributed by atoms with van der Waals surface area (Å²) in [6.07, 6.45) is 4.45. The lowest BCUT2D eigenvalue weighted by atomic mass is 10.2. The first-order chi connectivity index (χ1) is 7.24. The van der Waals surface area contributed by atoms with Crippen LogP contribution in [0.5, 0.6) is 0 Å². The highest BCUT2D eigenvalue weighted by Gasteiger charge is 2.05. The SMILES string of the molecule is CC(NCCc1cccnc1)C(N)=NO. The van der Waals surface area contributed by atoms with Gasteiger partial charge in [0.2, 0.25) is 0 Å². The number of nitrogens with zero attached hydrogens (tertiary/aromatic N) is 2. The standard InChI is InChI=1S/C10H16N4O/c1-8(10(11)14-15)13-6-4-9-3-2-5-12-7-9/h2-3,5,7-8,13,15H,4,6H2,1H3,(H2,11,14). The van der Waals surface area contributed by atoms with Crippen LogP contribution in [0.1, 0.15) is 12.5 Å². The molecule has 0 spiro atoms. The molecule has 0 saturated carbocycles. The number of nitrogens with two attached hydrogens (primary N) is 1. The van der Waals surface area contributed by atoms with Crippen LogP contribution in [-0.2, 0) is 6.42 Å². The number of pyridine rings is 1. The monoisotopic (exact) mass is 208 g/mol. The average molecular weight is 208 g/mol. The van der Waals surface area contributed by atoms with Crippen molar-refractivity contribution in [2.24, 2.45) is 10.9 Å². The number of hydrogen-bond acceptors (Lipinski definition) is 4. The van der Waals surface area contributed by atoms with Crippen LogP contribution in [0.15, 0.2) is 29.7 Å². The molecule has 1 rings (SSSR count). The molecule has 1 aromatic rings. The normalized spacial score (nSPS) is 13.8. The maximum absolute atomic E-state index is 8.43. The zero-order chi connectivity index (χ0) is 11.1. The zero-order valence-electron chi connectivity index (χ0n) is 8.72. The van der Waals surface area contributed by atoms with Gasteiger partial charge >= 0.3 is 0 Å². The lowest BCUT2D eigenvalue weighted by Gasteiger charge is -2.11. The Balaban J connectivity index is 2.28. The molecule has 5 heteroatoms. The second-order valence-electron chi connectivity index (χ2n) is 3.31. The van der Waals surface area contributed by atoms with Gasteiger partial charge in [0.05, 0.1) is 6.04 Å². The summed E-state index contributed by atoms with van der Waals surface area (Å²) < 4.78 is 0. The molecule has 1 atom stereocenters. The molecule has 0 aliphatic heterocycles. The fraction of sp³-hybridized carbons (Fsp3) is 0.400. The number of oxime groups is 1. The van der Waals surface area contributed by atoms with E-state index in [9.17, 15) is 0 Å². The van der Waals surface area contributed by atoms with E-state index in [1.807, 2.05) is 25.3 Å². The van der Waals surface area contributed by atoms with Gasteiger partial charge in [-0.2, -0.15) is 0 Å². The number of hydrogen-bond donors (Lipinski definition) is 3. The highest BCUT2D eigenvalue weighted by molar-refractivity contribution is 5.84. The van der Waals surface area contributed by atoms with Crippen molar-refractivity contribution in [3.8, 4) is 0 Å². The van der Waals surface area contributed by atoms with Crippen molar-refractivity contribution in [1.82, 2.24) is 10.3 Å². The second-order valence-corrected chi connectivity index (χ2v) is 3.31. The molecular formula is C10H16N4O. The van der Waals surface area contributed by atoms with E-state index in [-0.39, 0.29) is 11.9 Å². The molecule has 1 heterocycles. The maximum Gasteiger partial charge on any atom is 0.156 e. The average Bonchev–Trinajstić information content (AvgIpc) is 2.29. The molecule has 0 aromatic carbocycles. The van der Waals surface area contributed by atoms with Gasteiger partial charge in [0.1, 0.15) is 0 Å². The highest BCUT2D eigenvalue weighted by Crippen LogP contribution is 1.95. The summed E-state index contributed by atoms with van der Waals surface area (Å²) in [5, 5.41) is 14.5. The minimum atomic E-state index is -0.119. The Hall–Kier alpha value is -1.62. The molecule has 82 valence electrons. The Morgan fingerprint density at radius 3 is 3.13 bits per heavy atom. The van der Waals surface area contributed by atoms with Crippen molar-refractivity contribution < 1.29 is 5.21 Å². The summed E-state index contributed by atoms with van der Waals surface area (Å²) >= 11 is 0. The van der Waals surface area contributed by atoms with E-state index in [2.05, 4.69) is 15.5 Å². The Labute approximate surface area is 89.0 Å². The van der Waals surface area contributed by atoms with Crippen molar-refractivity contribution >= 4 is 5.84 Å². The first kappa shape index (κ1) is 11.5. The molecule has 0 amide bonds. The van der Waals surface area contributed by atoms with Gasteiger partial charge < -0.3 is 16.3 Å². The Bertz CT molecular complexity index is 312. The van der Waals surface area contributed by atoms with Crippen LogP contribution in [0.3, 0.4) is 0 Å². The minimum absolute atomic E-state index is 0.119. The van der Waals surface area contributed by atoms with Crippen molar-refractivity contribution in [2.75, 3.05) is 6.54 Å². The Morgan fingerprint density at radius 2 is 2.53 bits per heavy atom. The highest BCUT2D eigenvalue weighted by atomic mass is 16.4. The van der Waals surface area contributed by atoms with Crippen LogP contribution >= 0.6 is 0 Å². The van der Waals surface area contributed by atoms with E-state index < -0.39 is 0 Å². The minimum Gasteiger partial charge on any atom is -0.409 e. The largest absolute Gasteiger partial charge is 0.409 e. The van der Waals surface area contributed by atoms with Gasteiger partial charge in [-0.05, 0) is 31.5 Å². The van der Waals surface area contributed by atoms with Crippen LogP contribution in [0, 0.1) is 0 Å². The van der Waals surface area contributed by atoms with Crippen molar-refractivity contribution in [2.45, 2.75) is 19.4 Å². The molecule has 1 aromatic heterocycles. The van der Waals surface area contributed by atoms with Crippen molar-refractivity contribution in [3.05, 3.63) is 30.1 Å². The van der Waals surface area contributed by atoms with Gasteiger partial charge in [0, 0.05) is 12.4 Å². The van der Waals surface area contributed by atoms with E-state index in [0.29, 0.717) is 0 Å². The van der Waals surface area contributed by atoms with E-state index >= 15 is 0 Å². The van der Waals surface area contributed by atoms with Gasteiger partial charge in [0.25, 0.3) is 0 Å². The lowest BCUT2D eigenvalue weighted by molar-refractivity contribution is 0.315. The maximum atomic E-state index is 8.43. The summed E-state index contributed by atoms with van der Waals surface area (Å²) in [5.74, 6) is 0.196. The summed E-state index contributed by atoms with van der Waals surface area (Å²) in [4.78, 5) is 4.02. The van der Waals surface area contributed by atoms with E-state index in [0.717, 1.165) is 18.5 Å². The third-order valence-corrected chi connectivity index (χ3v) is 2.15. The summed E-state index contributed by atoms with van der Waals surface area (Å²) in [6, 6.07) is 3.80. The first-order valence-electron chi connectivity index (χ1n) is 4.83. The molecular weight excluding hydrogens is 192 g/mol. The number of aromatic nitrogens is 1. The van der Waals surface area contributed by atoms with E-state index in [4.69, 9.17) is 10.9 Å². The van der Waals surface area contributed by atoms with Crippen LogP contribution in [0.4, 0.5) is 0 Å². The Morgan fingerprint density at radius 1 is 1.73 bits per heavy atom. The van der Waals surface area contributed by atoms with Crippen LogP contribution in [-0.4, -0.2) is 28.6 Å². The second kappa shape index (κ2) is 5.98.